The predicted molar refractivity (Wildman–Crippen MR) is 82.9 cm³/mol. The topological polar surface area (TPSA) is 21.3 Å². The molecule has 1 N–H and O–H groups in total. The van der Waals surface area contributed by atoms with Crippen LogP contribution in [0.4, 0.5) is 0 Å². The van der Waals surface area contributed by atoms with Crippen LogP contribution in [0.15, 0.2) is 16.8 Å². The van der Waals surface area contributed by atoms with Crippen LogP contribution in [-0.2, 0) is 11.2 Å². The quantitative estimate of drug-likeness (QED) is 0.796. The highest BCUT2D eigenvalue weighted by atomic mass is 32.1. The van der Waals surface area contributed by atoms with E-state index >= 15 is 0 Å². The van der Waals surface area contributed by atoms with Crippen molar-refractivity contribution in [2.75, 3.05) is 13.7 Å². The van der Waals surface area contributed by atoms with Gasteiger partial charge in [-0.05, 0) is 55.6 Å². The molecule has 2 nitrogen and oxygen atoms in total. The third-order valence-corrected chi connectivity index (χ3v) is 5.12. The van der Waals surface area contributed by atoms with Gasteiger partial charge in [0.05, 0.1) is 5.60 Å². The summed E-state index contributed by atoms with van der Waals surface area (Å²) < 4.78 is 6.29. The standard InChI is InChI=1S/C16H27NOS/c1-3-18-16(9-6-4-5-7-10-16)15(17-2)12-14-8-11-19-13-14/h8,11,13,15,17H,3-7,9-10,12H2,1-2H3. The Bertz CT molecular complexity index is 342. The van der Waals surface area contributed by atoms with Crippen LogP contribution in [0.5, 0.6) is 0 Å². The van der Waals surface area contributed by atoms with E-state index in [9.17, 15) is 0 Å². The molecule has 0 saturated heterocycles. The fraction of sp³-hybridized carbons (Fsp3) is 0.750. The first kappa shape index (κ1) is 15.0. The van der Waals surface area contributed by atoms with Crippen LogP contribution < -0.4 is 5.32 Å². The van der Waals surface area contributed by atoms with Crippen molar-refractivity contribution in [2.45, 2.75) is 63.5 Å². The van der Waals surface area contributed by atoms with Crippen molar-refractivity contribution in [3.63, 3.8) is 0 Å². The van der Waals surface area contributed by atoms with Crippen molar-refractivity contribution in [1.29, 1.82) is 0 Å². The molecular weight excluding hydrogens is 254 g/mol. The highest BCUT2D eigenvalue weighted by molar-refractivity contribution is 7.07. The van der Waals surface area contributed by atoms with Gasteiger partial charge >= 0.3 is 0 Å². The first-order valence-corrected chi connectivity index (χ1v) is 8.57. The number of thiophene rings is 1. The third-order valence-electron chi connectivity index (χ3n) is 4.39. The van der Waals surface area contributed by atoms with E-state index in [4.69, 9.17) is 4.74 Å². The van der Waals surface area contributed by atoms with E-state index < -0.39 is 0 Å². The van der Waals surface area contributed by atoms with Gasteiger partial charge in [-0.2, -0.15) is 11.3 Å². The Morgan fingerprint density at radius 3 is 2.58 bits per heavy atom. The lowest BCUT2D eigenvalue weighted by atomic mass is 9.83. The molecule has 108 valence electrons. The Balaban J connectivity index is 2.13. The molecule has 0 amide bonds. The first-order valence-electron chi connectivity index (χ1n) is 7.63. The lowest BCUT2D eigenvalue weighted by molar-refractivity contribution is -0.0752. The van der Waals surface area contributed by atoms with E-state index in [-0.39, 0.29) is 5.60 Å². The summed E-state index contributed by atoms with van der Waals surface area (Å²) in [4.78, 5) is 0. The van der Waals surface area contributed by atoms with E-state index in [1.165, 1.54) is 44.1 Å². The predicted octanol–water partition coefficient (Wildman–Crippen LogP) is 4.01. The van der Waals surface area contributed by atoms with Gasteiger partial charge in [0.1, 0.15) is 0 Å². The number of nitrogens with one attached hydrogen (secondary N) is 1. The molecule has 1 saturated carbocycles. The highest BCUT2D eigenvalue weighted by Gasteiger charge is 2.38. The molecule has 1 unspecified atom stereocenters. The third kappa shape index (κ3) is 3.80. The average molecular weight is 281 g/mol. The van der Waals surface area contributed by atoms with E-state index in [2.05, 4.69) is 36.1 Å². The summed E-state index contributed by atoms with van der Waals surface area (Å²) in [5.74, 6) is 0. The van der Waals surface area contributed by atoms with Gasteiger partial charge in [0.2, 0.25) is 0 Å². The summed E-state index contributed by atoms with van der Waals surface area (Å²) in [7, 11) is 2.09. The molecule has 1 fully saturated rings. The zero-order valence-electron chi connectivity index (χ0n) is 12.3. The van der Waals surface area contributed by atoms with Crippen molar-refractivity contribution >= 4 is 11.3 Å². The molecule has 0 radical (unpaired) electrons. The van der Waals surface area contributed by atoms with E-state index in [0.29, 0.717) is 6.04 Å². The molecule has 2 rings (SSSR count). The second-order valence-electron chi connectivity index (χ2n) is 5.59. The maximum absolute atomic E-state index is 6.29. The second-order valence-corrected chi connectivity index (χ2v) is 6.37. The van der Waals surface area contributed by atoms with Gasteiger partial charge in [-0.1, -0.05) is 25.7 Å². The summed E-state index contributed by atoms with van der Waals surface area (Å²) in [6.45, 7) is 2.95. The SMILES string of the molecule is CCOC1(C(Cc2ccsc2)NC)CCCCCC1. The zero-order chi connectivity index (χ0) is 13.6. The Labute approximate surface area is 121 Å². The van der Waals surface area contributed by atoms with Gasteiger partial charge in [-0.25, -0.2) is 0 Å². The number of hydrogen-bond acceptors (Lipinski definition) is 3. The molecule has 0 bridgehead atoms. The van der Waals surface area contributed by atoms with Crippen molar-refractivity contribution < 1.29 is 4.74 Å². The molecule has 1 aromatic heterocycles. The molecule has 3 heteroatoms. The molecule has 1 heterocycles. The van der Waals surface area contributed by atoms with Crippen molar-refractivity contribution in [1.82, 2.24) is 5.32 Å². The van der Waals surface area contributed by atoms with Crippen LogP contribution in [0.2, 0.25) is 0 Å². The Hall–Kier alpha value is -0.380. The van der Waals surface area contributed by atoms with Crippen LogP contribution in [0.3, 0.4) is 0 Å². The number of hydrogen-bond donors (Lipinski definition) is 1. The Morgan fingerprint density at radius 2 is 2.05 bits per heavy atom. The fourth-order valence-corrected chi connectivity index (χ4v) is 4.08. The van der Waals surface area contributed by atoms with Crippen molar-refractivity contribution in [2.24, 2.45) is 0 Å². The van der Waals surface area contributed by atoms with E-state index in [1.54, 1.807) is 11.3 Å². The van der Waals surface area contributed by atoms with Gasteiger partial charge in [-0.15, -0.1) is 0 Å². The molecule has 0 spiro atoms. The summed E-state index contributed by atoms with van der Waals surface area (Å²) in [5, 5.41) is 7.98. The summed E-state index contributed by atoms with van der Waals surface area (Å²) in [6.07, 6.45) is 8.84. The molecule has 1 atom stereocenters. The van der Waals surface area contributed by atoms with Crippen molar-refractivity contribution in [3.05, 3.63) is 22.4 Å². The largest absolute Gasteiger partial charge is 0.374 e. The molecule has 19 heavy (non-hydrogen) atoms. The molecule has 0 aromatic carbocycles. The zero-order valence-corrected chi connectivity index (χ0v) is 13.1. The van der Waals surface area contributed by atoms with Crippen molar-refractivity contribution in [3.8, 4) is 0 Å². The minimum atomic E-state index is 0.0436. The van der Waals surface area contributed by atoms with Crippen LogP contribution >= 0.6 is 11.3 Å². The second kappa shape index (κ2) is 7.41. The van der Waals surface area contributed by atoms with Gasteiger partial charge in [0.25, 0.3) is 0 Å². The fourth-order valence-electron chi connectivity index (χ4n) is 3.40. The molecule has 1 aliphatic carbocycles. The lowest BCUT2D eigenvalue weighted by Crippen LogP contribution is -2.52. The first-order chi connectivity index (χ1) is 9.30. The van der Waals surface area contributed by atoms with Gasteiger partial charge in [-0.3, -0.25) is 0 Å². The van der Waals surface area contributed by atoms with E-state index in [1.807, 2.05) is 0 Å². The van der Waals surface area contributed by atoms with Crippen LogP contribution in [0, 0.1) is 0 Å². The number of rotatable bonds is 6. The average Bonchev–Trinajstić information content (AvgIpc) is 2.82. The van der Waals surface area contributed by atoms with Gasteiger partial charge < -0.3 is 10.1 Å². The lowest BCUT2D eigenvalue weighted by Gasteiger charge is -2.40. The normalized spacial score (nSPS) is 20.9. The van der Waals surface area contributed by atoms with Gasteiger partial charge in [0, 0.05) is 12.6 Å². The summed E-state index contributed by atoms with van der Waals surface area (Å²) in [6, 6.07) is 2.67. The maximum atomic E-state index is 6.29. The molecule has 1 aromatic rings. The van der Waals surface area contributed by atoms with Crippen LogP contribution in [-0.4, -0.2) is 25.3 Å². The summed E-state index contributed by atoms with van der Waals surface area (Å²) in [5.41, 5.74) is 1.48. The van der Waals surface area contributed by atoms with E-state index in [0.717, 1.165) is 13.0 Å². The molecular formula is C16H27NOS. The number of ether oxygens (including phenoxy) is 1. The van der Waals surface area contributed by atoms with Crippen LogP contribution in [0.25, 0.3) is 0 Å². The minimum Gasteiger partial charge on any atom is -0.374 e. The van der Waals surface area contributed by atoms with Gasteiger partial charge in [0.15, 0.2) is 0 Å². The number of likely N-dealkylation sites (N-methyl/N-ethyl adjacent to an activating group) is 1. The monoisotopic (exact) mass is 281 g/mol. The van der Waals surface area contributed by atoms with Crippen LogP contribution in [0.1, 0.15) is 51.0 Å². The molecule has 1 aliphatic rings. The highest BCUT2D eigenvalue weighted by Crippen LogP contribution is 2.35. The maximum Gasteiger partial charge on any atom is 0.0837 e. The minimum absolute atomic E-state index is 0.0436. The Morgan fingerprint density at radius 1 is 1.32 bits per heavy atom. The summed E-state index contributed by atoms with van der Waals surface area (Å²) >= 11 is 1.79. The smallest absolute Gasteiger partial charge is 0.0837 e. The Kier molecular flexibility index (Phi) is 5.86. The molecule has 0 aliphatic heterocycles.